The van der Waals surface area contributed by atoms with Crippen LogP contribution in [0.1, 0.15) is 26.7 Å². The predicted octanol–water partition coefficient (Wildman–Crippen LogP) is 0.308. The average molecular weight is 228 g/mol. The number of nitrogens with one attached hydrogen (secondary N) is 1. The molecular weight excluding hydrogens is 208 g/mol. The number of nitrogens with zero attached hydrogens (tertiary/aromatic N) is 1. The normalized spacial score (nSPS) is 20.9. The van der Waals surface area contributed by atoms with Gasteiger partial charge in [-0.25, -0.2) is 4.79 Å². The second kappa shape index (κ2) is 5.30. The summed E-state index contributed by atoms with van der Waals surface area (Å²) in [5.41, 5.74) is 0.410. The number of carbonyl (C=O) groups is 2. The van der Waals surface area contributed by atoms with Crippen molar-refractivity contribution in [1.82, 2.24) is 10.2 Å². The van der Waals surface area contributed by atoms with Crippen molar-refractivity contribution in [2.24, 2.45) is 5.41 Å². The van der Waals surface area contributed by atoms with Gasteiger partial charge in [-0.2, -0.15) is 0 Å². The Balaban J connectivity index is 2.14. The first kappa shape index (κ1) is 13.0. The molecule has 1 aliphatic rings. The summed E-state index contributed by atoms with van der Waals surface area (Å²) in [4.78, 5) is 23.2. The first-order chi connectivity index (χ1) is 7.44. The summed E-state index contributed by atoms with van der Waals surface area (Å²) < 4.78 is 0. The molecule has 0 radical (unpaired) electrons. The number of likely N-dealkylation sites (tertiary alicyclic amines) is 1. The Morgan fingerprint density at radius 3 is 2.62 bits per heavy atom. The van der Waals surface area contributed by atoms with Crippen molar-refractivity contribution >= 4 is 12.4 Å². The smallest absolute Gasteiger partial charge is 0.326 e. The van der Waals surface area contributed by atoms with Gasteiger partial charge in [-0.3, -0.25) is 4.79 Å². The second-order valence-corrected chi connectivity index (χ2v) is 5.19. The molecule has 1 fully saturated rings. The van der Waals surface area contributed by atoms with E-state index in [0.717, 1.165) is 26.1 Å². The van der Waals surface area contributed by atoms with E-state index < -0.39 is 12.0 Å². The second-order valence-electron chi connectivity index (χ2n) is 5.19. The van der Waals surface area contributed by atoms with E-state index in [9.17, 15) is 9.59 Å². The van der Waals surface area contributed by atoms with Crippen LogP contribution in [-0.4, -0.2) is 48.1 Å². The zero-order valence-corrected chi connectivity index (χ0v) is 9.90. The molecule has 1 saturated heterocycles. The molecule has 0 spiro atoms. The SMILES string of the molecule is CC1(C)CN(CCCC(NC=O)C(=O)O)C1. The number of hydrogen-bond donors (Lipinski definition) is 2. The van der Waals surface area contributed by atoms with Crippen LogP contribution in [0.5, 0.6) is 0 Å². The highest BCUT2D eigenvalue weighted by Gasteiger charge is 2.33. The number of rotatable bonds is 7. The molecule has 0 bridgehead atoms. The molecular formula is C11H20N2O3. The van der Waals surface area contributed by atoms with E-state index >= 15 is 0 Å². The molecule has 0 aromatic carbocycles. The van der Waals surface area contributed by atoms with Crippen LogP contribution in [0.2, 0.25) is 0 Å². The zero-order chi connectivity index (χ0) is 12.2. The highest BCUT2D eigenvalue weighted by atomic mass is 16.4. The highest BCUT2D eigenvalue weighted by Crippen LogP contribution is 2.28. The first-order valence-corrected chi connectivity index (χ1v) is 5.59. The van der Waals surface area contributed by atoms with E-state index in [1.807, 2.05) is 0 Å². The zero-order valence-electron chi connectivity index (χ0n) is 9.90. The van der Waals surface area contributed by atoms with Gasteiger partial charge >= 0.3 is 5.97 Å². The maximum atomic E-state index is 10.7. The van der Waals surface area contributed by atoms with Gasteiger partial charge in [-0.05, 0) is 24.8 Å². The van der Waals surface area contributed by atoms with Gasteiger partial charge in [0.05, 0.1) is 0 Å². The number of aliphatic carboxylic acids is 1. The summed E-state index contributed by atoms with van der Waals surface area (Å²) in [6.07, 6.45) is 1.74. The number of carboxylic acids is 1. The van der Waals surface area contributed by atoms with Gasteiger partial charge < -0.3 is 15.3 Å². The van der Waals surface area contributed by atoms with Crippen molar-refractivity contribution in [3.05, 3.63) is 0 Å². The van der Waals surface area contributed by atoms with E-state index in [0.29, 0.717) is 18.2 Å². The summed E-state index contributed by atoms with van der Waals surface area (Å²) in [7, 11) is 0. The molecule has 0 aromatic rings. The van der Waals surface area contributed by atoms with Crippen molar-refractivity contribution in [3.8, 4) is 0 Å². The summed E-state index contributed by atoms with van der Waals surface area (Å²) in [5, 5.41) is 11.1. The molecule has 16 heavy (non-hydrogen) atoms. The fourth-order valence-corrected chi connectivity index (χ4v) is 2.20. The van der Waals surface area contributed by atoms with Crippen LogP contribution in [-0.2, 0) is 9.59 Å². The van der Waals surface area contributed by atoms with Crippen LogP contribution in [0.3, 0.4) is 0 Å². The lowest BCUT2D eigenvalue weighted by molar-refractivity contribution is -0.140. The number of carbonyl (C=O) groups excluding carboxylic acids is 1. The van der Waals surface area contributed by atoms with E-state index in [-0.39, 0.29) is 0 Å². The minimum atomic E-state index is -0.962. The Labute approximate surface area is 95.8 Å². The van der Waals surface area contributed by atoms with Gasteiger partial charge in [0.1, 0.15) is 6.04 Å². The predicted molar refractivity (Wildman–Crippen MR) is 60.1 cm³/mol. The third kappa shape index (κ3) is 3.81. The summed E-state index contributed by atoms with van der Waals surface area (Å²) in [5.74, 6) is -0.962. The molecule has 5 heteroatoms. The van der Waals surface area contributed by atoms with Gasteiger partial charge in [-0.15, -0.1) is 0 Å². The Kier molecular flexibility index (Phi) is 4.29. The monoisotopic (exact) mass is 228 g/mol. The molecule has 2 N–H and O–H groups in total. The van der Waals surface area contributed by atoms with Crippen LogP contribution >= 0.6 is 0 Å². The molecule has 1 amide bonds. The van der Waals surface area contributed by atoms with Gasteiger partial charge in [0.2, 0.25) is 6.41 Å². The van der Waals surface area contributed by atoms with Crippen LogP contribution in [0.25, 0.3) is 0 Å². The van der Waals surface area contributed by atoms with Crippen LogP contribution in [0.15, 0.2) is 0 Å². The topological polar surface area (TPSA) is 69.6 Å². The van der Waals surface area contributed by atoms with Gasteiger partial charge in [-0.1, -0.05) is 13.8 Å². The van der Waals surface area contributed by atoms with Crippen LogP contribution < -0.4 is 5.32 Å². The Morgan fingerprint density at radius 2 is 2.19 bits per heavy atom. The number of carboxylic acid groups (broad SMARTS) is 1. The van der Waals surface area contributed by atoms with Gasteiger partial charge in [0.25, 0.3) is 0 Å². The van der Waals surface area contributed by atoms with Crippen molar-refractivity contribution < 1.29 is 14.7 Å². The maximum Gasteiger partial charge on any atom is 0.326 e. The summed E-state index contributed by atoms with van der Waals surface area (Å²) in [6.45, 7) is 7.50. The lowest BCUT2D eigenvalue weighted by atomic mass is 9.84. The average Bonchev–Trinajstić information content (AvgIpc) is 2.13. The quantitative estimate of drug-likeness (QED) is 0.615. The van der Waals surface area contributed by atoms with Crippen molar-refractivity contribution in [2.45, 2.75) is 32.7 Å². The van der Waals surface area contributed by atoms with E-state index in [4.69, 9.17) is 5.11 Å². The van der Waals surface area contributed by atoms with Crippen LogP contribution in [0, 0.1) is 5.41 Å². The lowest BCUT2D eigenvalue weighted by Gasteiger charge is -2.46. The van der Waals surface area contributed by atoms with Gasteiger partial charge in [0, 0.05) is 13.1 Å². The van der Waals surface area contributed by atoms with E-state index in [1.165, 1.54) is 0 Å². The number of hydrogen-bond acceptors (Lipinski definition) is 3. The summed E-state index contributed by atoms with van der Waals surface area (Å²) >= 11 is 0. The Morgan fingerprint density at radius 1 is 1.56 bits per heavy atom. The molecule has 5 nitrogen and oxygen atoms in total. The molecule has 1 heterocycles. The molecule has 0 saturated carbocycles. The molecule has 0 aromatic heterocycles. The molecule has 1 atom stereocenters. The van der Waals surface area contributed by atoms with Crippen molar-refractivity contribution in [3.63, 3.8) is 0 Å². The lowest BCUT2D eigenvalue weighted by Crippen LogP contribution is -2.53. The largest absolute Gasteiger partial charge is 0.480 e. The highest BCUT2D eigenvalue weighted by molar-refractivity contribution is 5.76. The Hall–Kier alpha value is -1.10. The minimum Gasteiger partial charge on any atom is -0.480 e. The van der Waals surface area contributed by atoms with Gasteiger partial charge in [0.15, 0.2) is 0 Å². The molecule has 0 aliphatic carbocycles. The first-order valence-electron chi connectivity index (χ1n) is 5.59. The summed E-state index contributed by atoms with van der Waals surface area (Å²) in [6, 6.07) is -0.744. The van der Waals surface area contributed by atoms with E-state index in [1.54, 1.807) is 0 Å². The van der Waals surface area contributed by atoms with Crippen molar-refractivity contribution in [2.75, 3.05) is 19.6 Å². The van der Waals surface area contributed by atoms with E-state index in [2.05, 4.69) is 24.1 Å². The fraction of sp³-hybridized carbons (Fsp3) is 0.818. The molecule has 1 rings (SSSR count). The standard InChI is InChI=1S/C11H20N2O3/c1-11(2)6-13(7-11)5-3-4-9(10(15)16)12-8-14/h8-9H,3-7H2,1-2H3,(H,12,14)(H,15,16). The van der Waals surface area contributed by atoms with Crippen molar-refractivity contribution in [1.29, 1.82) is 0 Å². The third-order valence-corrected chi connectivity index (χ3v) is 2.84. The number of amides is 1. The van der Waals surface area contributed by atoms with Crippen LogP contribution in [0.4, 0.5) is 0 Å². The molecule has 92 valence electrons. The fourth-order valence-electron chi connectivity index (χ4n) is 2.20. The third-order valence-electron chi connectivity index (χ3n) is 2.84. The Bertz CT molecular complexity index is 258. The minimum absolute atomic E-state index is 0.410. The maximum absolute atomic E-state index is 10.7. The molecule has 1 aliphatic heterocycles. The molecule has 1 unspecified atom stereocenters.